The van der Waals surface area contributed by atoms with Gasteiger partial charge in [0.05, 0.1) is 0 Å². The van der Waals surface area contributed by atoms with Crippen LogP contribution in [0.4, 0.5) is 0 Å². The van der Waals surface area contributed by atoms with E-state index in [-0.39, 0.29) is 6.04 Å². The average molecular weight is 203 g/mol. The summed E-state index contributed by atoms with van der Waals surface area (Å²) in [6.45, 7) is 2.11. The SMILES string of the molecule is CCCSCC(NC1CC1)C(=O)O. The first-order valence-corrected chi connectivity index (χ1v) is 5.96. The number of carbonyl (C=O) groups is 1. The highest BCUT2D eigenvalue weighted by Gasteiger charge is 2.27. The molecule has 1 fully saturated rings. The van der Waals surface area contributed by atoms with Crippen LogP contribution in [0.2, 0.25) is 0 Å². The van der Waals surface area contributed by atoms with Gasteiger partial charge in [0, 0.05) is 11.8 Å². The molecule has 0 spiro atoms. The molecule has 1 aliphatic rings. The lowest BCUT2D eigenvalue weighted by Crippen LogP contribution is -2.40. The van der Waals surface area contributed by atoms with Gasteiger partial charge in [-0.1, -0.05) is 6.92 Å². The molecule has 1 saturated carbocycles. The van der Waals surface area contributed by atoms with Crippen molar-refractivity contribution in [3.63, 3.8) is 0 Å². The number of nitrogens with one attached hydrogen (secondary N) is 1. The second-order valence-electron chi connectivity index (χ2n) is 3.41. The third kappa shape index (κ3) is 4.52. The highest BCUT2D eigenvalue weighted by molar-refractivity contribution is 7.99. The molecule has 0 heterocycles. The van der Waals surface area contributed by atoms with Gasteiger partial charge in [0.15, 0.2) is 0 Å². The molecule has 0 aliphatic heterocycles. The number of carboxylic acids is 1. The van der Waals surface area contributed by atoms with Crippen LogP contribution in [-0.4, -0.2) is 34.7 Å². The van der Waals surface area contributed by atoms with Crippen molar-refractivity contribution in [2.24, 2.45) is 0 Å². The highest BCUT2D eigenvalue weighted by atomic mass is 32.2. The number of rotatable bonds is 7. The minimum atomic E-state index is -0.712. The molecule has 1 unspecified atom stereocenters. The van der Waals surface area contributed by atoms with E-state index in [0.29, 0.717) is 11.8 Å². The van der Waals surface area contributed by atoms with E-state index in [1.54, 1.807) is 11.8 Å². The Labute approximate surface area is 83.3 Å². The molecular formula is C9H17NO2S. The Bertz CT molecular complexity index is 171. The van der Waals surface area contributed by atoms with Crippen LogP contribution in [0.15, 0.2) is 0 Å². The fourth-order valence-electron chi connectivity index (χ4n) is 1.07. The number of hydrogen-bond acceptors (Lipinski definition) is 3. The molecule has 0 radical (unpaired) electrons. The van der Waals surface area contributed by atoms with E-state index < -0.39 is 5.97 Å². The first-order chi connectivity index (χ1) is 6.24. The summed E-state index contributed by atoms with van der Waals surface area (Å²) >= 11 is 1.72. The Kier molecular flexibility index (Phi) is 4.59. The van der Waals surface area contributed by atoms with Gasteiger partial charge in [-0.25, -0.2) is 0 Å². The Hall–Kier alpha value is -0.220. The number of hydrogen-bond donors (Lipinski definition) is 2. The van der Waals surface area contributed by atoms with Crippen LogP contribution in [0.3, 0.4) is 0 Å². The van der Waals surface area contributed by atoms with Gasteiger partial charge in [-0.05, 0) is 25.0 Å². The summed E-state index contributed by atoms with van der Waals surface area (Å²) in [5.41, 5.74) is 0. The molecule has 1 aliphatic carbocycles. The van der Waals surface area contributed by atoms with E-state index in [0.717, 1.165) is 25.0 Å². The Morgan fingerprint density at radius 1 is 1.69 bits per heavy atom. The molecule has 1 atom stereocenters. The van der Waals surface area contributed by atoms with E-state index in [1.807, 2.05) is 0 Å². The maximum absolute atomic E-state index is 10.8. The van der Waals surface area contributed by atoms with Crippen LogP contribution in [0.25, 0.3) is 0 Å². The number of carboxylic acid groups (broad SMARTS) is 1. The largest absolute Gasteiger partial charge is 0.480 e. The van der Waals surface area contributed by atoms with Crippen molar-refractivity contribution in [2.75, 3.05) is 11.5 Å². The second-order valence-corrected chi connectivity index (χ2v) is 4.56. The topological polar surface area (TPSA) is 49.3 Å². The lowest BCUT2D eigenvalue weighted by molar-refractivity contribution is -0.138. The van der Waals surface area contributed by atoms with Crippen molar-refractivity contribution in [3.05, 3.63) is 0 Å². The molecule has 0 bridgehead atoms. The zero-order valence-electron chi connectivity index (χ0n) is 7.95. The molecule has 3 nitrogen and oxygen atoms in total. The van der Waals surface area contributed by atoms with Crippen molar-refractivity contribution in [2.45, 2.75) is 38.3 Å². The van der Waals surface area contributed by atoms with Crippen molar-refractivity contribution < 1.29 is 9.90 Å². The number of aliphatic carboxylic acids is 1. The van der Waals surface area contributed by atoms with E-state index in [2.05, 4.69) is 12.2 Å². The predicted octanol–water partition coefficient (Wildman–Crippen LogP) is 1.33. The summed E-state index contributed by atoms with van der Waals surface area (Å²) in [5.74, 6) is 1.03. The molecule has 0 aromatic rings. The molecule has 13 heavy (non-hydrogen) atoms. The molecule has 2 N–H and O–H groups in total. The lowest BCUT2D eigenvalue weighted by Gasteiger charge is -2.12. The Morgan fingerprint density at radius 2 is 2.38 bits per heavy atom. The molecule has 0 amide bonds. The minimum Gasteiger partial charge on any atom is -0.480 e. The van der Waals surface area contributed by atoms with Crippen molar-refractivity contribution in [3.8, 4) is 0 Å². The summed E-state index contributed by atoms with van der Waals surface area (Å²) < 4.78 is 0. The zero-order chi connectivity index (χ0) is 9.68. The molecule has 76 valence electrons. The lowest BCUT2D eigenvalue weighted by atomic mass is 10.3. The van der Waals surface area contributed by atoms with Gasteiger partial charge in [0.1, 0.15) is 6.04 Å². The van der Waals surface area contributed by atoms with Gasteiger partial charge in [-0.15, -0.1) is 0 Å². The van der Waals surface area contributed by atoms with Crippen molar-refractivity contribution >= 4 is 17.7 Å². The summed E-state index contributed by atoms with van der Waals surface area (Å²) in [5, 5.41) is 12.0. The van der Waals surface area contributed by atoms with Crippen LogP contribution >= 0.6 is 11.8 Å². The van der Waals surface area contributed by atoms with Crippen molar-refractivity contribution in [1.29, 1.82) is 0 Å². The van der Waals surface area contributed by atoms with E-state index in [1.165, 1.54) is 0 Å². The van der Waals surface area contributed by atoms with Gasteiger partial charge >= 0.3 is 5.97 Å². The summed E-state index contributed by atoms with van der Waals surface area (Å²) in [7, 11) is 0. The van der Waals surface area contributed by atoms with E-state index in [9.17, 15) is 4.79 Å². The molecule has 0 saturated heterocycles. The molecule has 1 rings (SSSR count). The normalized spacial score (nSPS) is 18.5. The van der Waals surface area contributed by atoms with Crippen LogP contribution < -0.4 is 5.32 Å². The van der Waals surface area contributed by atoms with E-state index in [4.69, 9.17) is 5.11 Å². The summed E-state index contributed by atoms with van der Waals surface area (Å²) in [6.07, 6.45) is 3.39. The van der Waals surface area contributed by atoms with Crippen molar-refractivity contribution in [1.82, 2.24) is 5.32 Å². The van der Waals surface area contributed by atoms with Gasteiger partial charge < -0.3 is 10.4 Å². The van der Waals surface area contributed by atoms with Crippen LogP contribution in [0.5, 0.6) is 0 Å². The molecule has 0 aromatic heterocycles. The van der Waals surface area contributed by atoms with E-state index >= 15 is 0 Å². The maximum atomic E-state index is 10.8. The maximum Gasteiger partial charge on any atom is 0.321 e. The fourth-order valence-corrected chi connectivity index (χ4v) is 2.00. The van der Waals surface area contributed by atoms with Crippen LogP contribution in [0, 0.1) is 0 Å². The second kappa shape index (κ2) is 5.50. The third-order valence-corrected chi connectivity index (χ3v) is 3.21. The zero-order valence-corrected chi connectivity index (χ0v) is 8.77. The average Bonchev–Trinajstić information content (AvgIpc) is 2.86. The van der Waals surface area contributed by atoms with Gasteiger partial charge in [0.2, 0.25) is 0 Å². The Balaban J connectivity index is 2.16. The smallest absolute Gasteiger partial charge is 0.321 e. The first kappa shape index (κ1) is 10.9. The highest BCUT2D eigenvalue weighted by Crippen LogP contribution is 2.20. The predicted molar refractivity (Wildman–Crippen MR) is 55.2 cm³/mol. The van der Waals surface area contributed by atoms with Crippen LogP contribution in [-0.2, 0) is 4.79 Å². The Morgan fingerprint density at radius 3 is 2.85 bits per heavy atom. The minimum absolute atomic E-state index is 0.343. The summed E-state index contributed by atoms with van der Waals surface area (Å²) in [4.78, 5) is 10.8. The molecule has 0 aromatic carbocycles. The molecular weight excluding hydrogens is 186 g/mol. The van der Waals surface area contributed by atoms with Gasteiger partial charge in [-0.3, -0.25) is 4.79 Å². The summed E-state index contributed by atoms with van der Waals surface area (Å²) in [6, 6.07) is 0.132. The third-order valence-electron chi connectivity index (χ3n) is 1.95. The number of thioether (sulfide) groups is 1. The standard InChI is InChI=1S/C9H17NO2S/c1-2-5-13-6-8(9(11)12)10-7-3-4-7/h7-8,10H,2-6H2,1H3,(H,11,12). The fraction of sp³-hybridized carbons (Fsp3) is 0.889. The first-order valence-electron chi connectivity index (χ1n) is 4.80. The monoisotopic (exact) mass is 203 g/mol. The van der Waals surface area contributed by atoms with Gasteiger partial charge in [-0.2, -0.15) is 11.8 Å². The van der Waals surface area contributed by atoms with Crippen LogP contribution in [0.1, 0.15) is 26.2 Å². The quantitative estimate of drug-likeness (QED) is 0.613. The van der Waals surface area contributed by atoms with Gasteiger partial charge in [0.25, 0.3) is 0 Å². The molecule has 4 heteroatoms.